The van der Waals surface area contributed by atoms with E-state index in [4.69, 9.17) is 0 Å². The number of nitrogens with zero attached hydrogens (tertiary/aromatic N) is 3. The van der Waals surface area contributed by atoms with Crippen LogP contribution in [0, 0.1) is 0 Å². The SMILES string of the molecule is CN(Cc1cn[nH]c1)C(=O)C(=O)N1CCNCC1. The van der Waals surface area contributed by atoms with Gasteiger partial charge < -0.3 is 15.1 Å². The first-order valence-electron chi connectivity index (χ1n) is 5.91. The van der Waals surface area contributed by atoms with Gasteiger partial charge in [0.05, 0.1) is 6.20 Å². The molecule has 0 atom stereocenters. The van der Waals surface area contributed by atoms with Crippen LogP contribution in [0.1, 0.15) is 5.56 Å². The second kappa shape index (κ2) is 5.63. The fourth-order valence-corrected chi connectivity index (χ4v) is 1.88. The number of H-pyrrole nitrogens is 1. The molecule has 1 fully saturated rings. The first kappa shape index (κ1) is 12.6. The van der Waals surface area contributed by atoms with Crippen molar-refractivity contribution in [2.45, 2.75) is 6.54 Å². The van der Waals surface area contributed by atoms with Crippen molar-refractivity contribution in [1.82, 2.24) is 25.3 Å². The quantitative estimate of drug-likeness (QED) is 0.647. The van der Waals surface area contributed by atoms with Crippen LogP contribution in [0.25, 0.3) is 0 Å². The lowest BCUT2D eigenvalue weighted by Crippen LogP contribution is -2.51. The van der Waals surface area contributed by atoms with Gasteiger partial charge in [-0.25, -0.2) is 0 Å². The Balaban J connectivity index is 1.91. The molecular formula is C11H17N5O2. The highest BCUT2D eigenvalue weighted by molar-refractivity contribution is 6.34. The highest BCUT2D eigenvalue weighted by atomic mass is 16.2. The predicted octanol–water partition coefficient (Wildman–Crippen LogP) is -1.20. The van der Waals surface area contributed by atoms with Gasteiger partial charge in [0.2, 0.25) is 0 Å². The number of carbonyl (C=O) groups is 2. The number of piperazine rings is 1. The summed E-state index contributed by atoms with van der Waals surface area (Å²) in [5.41, 5.74) is 0.874. The van der Waals surface area contributed by atoms with Crippen LogP contribution in [0.3, 0.4) is 0 Å². The third-order valence-electron chi connectivity index (χ3n) is 2.91. The first-order chi connectivity index (χ1) is 8.68. The van der Waals surface area contributed by atoms with Crippen LogP contribution >= 0.6 is 0 Å². The maximum atomic E-state index is 12.0. The molecule has 0 bridgehead atoms. The Kier molecular flexibility index (Phi) is 3.93. The van der Waals surface area contributed by atoms with E-state index in [1.165, 1.54) is 4.90 Å². The molecule has 7 nitrogen and oxygen atoms in total. The molecule has 7 heteroatoms. The summed E-state index contributed by atoms with van der Waals surface area (Å²) in [7, 11) is 1.62. The number of carbonyl (C=O) groups excluding carboxylic acids is 2. The molecule has 1 aliphatic rings. The number of hydrogen-bond donors (Lipinski definition) is 2. The van der Waals surface area contributed by atoms with Crippen LogP contribution in [0.5, 0.6) is 0 Å². The number of aromatic amines is 1. The zero-order valence-corrected chi connectivity index (χ0v) is 10.3. The molecule has 2 rings (SSSR count). The van der Waals surface area contributed by atoms with Gasteiger partial charge in [0, 0.05) is 51.5 Å². The molecule has 1 aromatic rings. The summed E-state index contributed by atoms with van der Waals surface area (Å²) in [6.07, 6.45) is 3.35. The van der Waals surface area contributed by atoms with E-state index in [0.29, 0.717) is 19.6 Å². The number of rotatable bonds is 2. The third-order valence-corrected chi connectivity index (χ3v) is 2.91. The van der Waals surface area contributed by atoms with Crippen LogP contribution in [0.15, 0.2) is 12.4 Å². The van der Waals surface area contributed by atoms with Gasteiger partial charge in [-0.3, -0.25) is 14.7 Å². The minimum absolute atomic E-state index is 0.382. The molecule has 0 saturated carbocycles. The molecule has 0 aliphatic carbocycles. The lowest BCUT2D eigenvalue weighted by atomic mass is 10.3. The van der Waals surface area contributed by atoms with Gasteiger partial charge in [-0.1, -0.05) is 0 Å². The Morgan fingerprint density at radius 3 is 2.78 bits per heavy atom. The summed E-state index contributed by atoms with van der Waals surface area (Å²) >= 11 is 0. The minimum Gasteiger partial charge on any atom is -0.333 e. The number of aromatic nitrogens is 2. The molecule has 0 radical (unpaired) electrons. The summed E-state index contributed by atoms with van der Waals surface area (Å²) in [6.45, 7) is 3.04. The molecule has 1 aromatic heterocycles. The van der Waals surface area contributed by atoms with E-state index in [0.717, 1.165) is 18.7 Å². The molecule has 2 heterocycles. The molecular weight excluding hydrogens is 234 g/mol. The second-order valence-electron chi connectivity index (χ2n) is 4.31. The third kappa shape index (κ3) is 2.86. The fourth-order valence-electron chi connectivity index (χ4n) is 1.88. The largest absolute Gasteiger partial charge is 0.333 e. The Labute approximate surface area is 105 Å². The van der Waals surface area contributed by atoms with Crippen LogP contribution in [-0.4, -0.2) is 65.0 Å². The van der Waals surface area contributed by atoms with Gasteiger partial charge in [0.1, 0.15) is 0 Å². The van der Waals surface area contributed by atoms with Crippen molar-refractivity contribution < 1.29 is 9.59 Å². The van der Waals surface area contributed by atoms with Crippen molar-refractivity contribution >= 4 is 11.8 Å². The van der Waals surface area contributed by atoms with Crippen molar-refractivity contribution in [3.8, 4) is 0 Å². The monoisotopic (exact) mass is 251 g/mol. The van der Waals surface area contributed by atoms with Crippen LogP contribution < -0.4 is 5.32 Å². The first-order valence-corrected chi connectivity index (χ1v) is 5.91. The van der Waals surface area contributed by atoms with Crippen LogP contribution in [-0.2, 0) is 16.1 Å². The minimum atomic E-state index is -0.474. The standard InChI is InChI=1S/C11H17N5O2/c1-15(8-9-6-13-14-7-9)10(17)11(18)16-4-2-12-3-5-16/h6-7,12H,2-5,8H2,1H3,(H,13,14). The van der Waals surface area contributed by atoms with Crippen molar-refractivity contribution in [3.05, 3.63) is 18.0 Å². The summed E-state index contributed by atoms with van der Waals surface area (Å²) in [5, 5.41) is 9.62. The fraction of sp³-hybridized carbons (Fsp3) is 0.545. The van der Waals surface area contributed by atoms with Crippen LogP contribution in [0.2, 0.25) is 0 Å². The van der Waals surface area contributed by atoms with E-state index in [-0.39, 0.29) is 0 Å². The lowest BCUT2D eigenvalue weighted by molar-refractivity contribution is -0.151. The van der Waals surface area contributed by atoms with E-state index in [1.807, 2.05) is 0 Å². The highest BCUT2D eigenvalue weighted by Gasteiger charge is 2.26. The molecule has 2 amide bonds. The number of nitrogens with one attached hydrogen (secondary N) is 2. The molecule has 2 N–H and O–H groups in total. The topological polar surface area (TPSA) is 81.3 Å². The number of amides is 2. The smallest absolute Gasteiger partial charge is 0.312 e. The van der Waals surface area contributed by atoms with Gasteiger partial charge in [0.25, 0.3) is 0 Å². The summed E-state index contributed by atoms with van der Waals surface area (Å²) in [5.74, 6) is -0.902. The molecule has 0 aromatic carbocycles. The highest BCUT2D eigenvalue weighted by Crippen LogP contribution is 2.02. The summed E-state index contributed by atoms with van der Waals surface area (Å²) in [4.78, 5) is 26.9. The van der Waals surface area contributed by atoms with Crippen molar-refractivity contribution in [1.29, 1.82) is 0 Å². The van der Waals surface area contributed by atoms with E-state index < -0.39 is 11.8 Å². The van der Waals surface area contributed by atoms with Gasteiger partial charge in [0.15, 0.2) is 0 Å². The summed E-state index contributed by atoms with van der Waals surface area (Å²) in [6, 6.07) is 0. The van der Waals surface area contributed by atoms with Gasteiger partial charge in [-0.2, -0.15) is 5.10 Å². The van der Waals surface area contributed by atoms with E-state index in [1.54, 1.807) is 24.3 Å². The summed E-state index contributed by atoms with van der Waals surface area (Å²) < 4.78 is 0. The van der Waals surface area contributed by atoms with Crippen molar-refractivity contribution in [2.24, 2.45) is 0 Å². The van der Waals surface area contributed by atoms with Crippen molar-refractivity contribution in [2.75, 3.05) is 33.2 Å². The van der Waals surface area contributed by atoms with Gasteiger partial charge >= 0.3 is 11.8 Å². The Morgan fingerprint density at radius 2 is 2.17 bits per heavy atom. The maximum absolute atomic E-state index is 12.0. The van der Waals surface area contributed by atoms with E-state index in [2.05, 4.69) is 15.5 Å². The lowest BCUT2D eigenvalue weighted by Gasteiger charge is -2.28. The molecule has 0 spiro atoms. The zero-order valence-electron chi connectivity index (χ0n) is 10.3. The second-order valence-corrected chi connectivity index (χ2v) is 4.31. The van der Waals surface area contributed by atoms with Crippen molar-refractivity contribution in [3.63, 3.8) is 0 Å². The average Bonchev–Trinajstić information content (AvgIpc) is 2.91. The predicted molar refractivity (Wildman–Crippen MR) is 64.5 cm³/mol. The Morgan fingerprint density at radius 1 is 1.44 bits per heavy atom. The van der Waals surface area contributed by atoms with Gasteiger partial charge in [-0.05, 0) is 0 Å². The Hall–Kier alpha value is -1.89. The molecule has 98 valence electrons. The van der Waals surface area contributed by atoms with E-state index >= 15 is 0 Å². The normalized spacial score (nSPS) is 15.5. The number of likely N-dealkylation sites (N-methyl/N-ethyl adjacent to an activating group) is 1. The van der Waals surface area contributed by atoms with Crippen LogP contribution in [0.4, 0.5) is 0 Å². The molecule has 18 heavy (non-hydrogen) atoms. The Bertz CT molecular complexity index is 411. The molecule has 1 saturated heterocycles. The van der Waals surface area contributed by atoms with Gasteiger partial charge in [-0.15, -0.1) is 0 Å². The van der Waals surface area contributed by atoms with E-state index in [9.17, 15) is 9.59 Å². The molecule has 0 unspecified atom stereocenters. The average molecular weight is 251 g/mol. The number of hydrogen-bond acceptors (Lipinski definition) is 4. The zero-order chi connectivity index (χ0) is 13.0. The maximum Gasteiger partial charge on any atom is 0.312 e. The molecule has 1 aliphatic heterocycles.